The van der Waals surface area contributed by atoms with E-state index in [1.807, 2.05) is 0 Å². The van der Waals surface area contributed by atoms with E-state index in [2.05, 4.69) is 10.1 Å². The quantitative estimate of drug-likeness (QED) is 0.591. The van der Waals surface area contributed by atoms with Crippen molar-refractivity contribution in [3.63, 3.8) is 0 Å². The van der Waals surface area contributed by atoms with Crippen LogP contribution in [0.1, 0.15) is 6.92 Å². The van der Waals surface area contributed by atoms with Gasteiger partial charge in [-0.3, -0.25) is 0 Å². The first-order chi connectivity index (χ1) is 4.10. The Morgan fingerprint density at radius 2 is 2.20 bits per heavy atom. The van der Waals surface area contributed by atoms with Gasteiger partial charge in [-0.2, -0.15) is 8.78 Å². The maximum atomic E-state index is 12.2. The first-order valence-corrected chi connectivity index (χ1v) is 2.86. The highest BCUT2D eigenvalue weighted by Crippen LogP contribution is 2.18. The van der Waals surface area contributed by atoms with Crippen molar-refractivity contribution in [2.75, 3.05) is 13.1 Å². The van der Waals surface area contributed by atoms with Gasteiger partial charge >= 0.3 is 6.11 Å². The summed E-state index contributed by atoms with van der Waals surface area (Å²) in [6, 6.07) is 0. The predicted molar refractivity (Wildman–Crippen MR) is 35.6 cm³/mol. The van der Waals surface area contributed by atoms with E-state index < -0.39 is 6.11 Å². The van der Waals surface area contributed by atoms with E-state index in [9.17, 15) is 8.78 Å². The largest absolute Gasteiger partial charge is 0.368 e. The van der Waals surface area contributed by atoms with Crippen molar-refractivity contribution in [2.45, 2.75) is 19.1 Å². The average molecular weight is 174 g/mol. The van der Waals surface area contributed by atoms with Crippen LogP contribution in [0.15, 0.2) is 0 Å². The van der Waals surface area contributed by atoms with Gasteiger partial charge in [0.15, 0.2) is 0 Å². The number of rotatable bonds is 0. The number of morpholine rings is 1. The lowest BCUT2D eigenvalue weighted by molar-refractivity contribution is -0.269. The third kappa shape index (κ3) is 2.77. The van der Waals surface area contributed by atoms with E-state index in [4.69, 9.17) is 0 Å². The first kappa shape index (κ1) is 10.1. The van der Waals surface area contributed by atoms with E-state index in [-0.39, 0.29) is 25.1 Å². The van der Waals surface area contributed by atoms with Gasteiger partial charge in [-0.05, 0) is 6.92 Å². The van der Waals surface area contributed by atoms with E-state index in [1.165, 1.54) is 0 Å². The van der Waals surface area contributed by atoms with Crippen LogP contribution in [0.25, 0.3) is 0 Å². The summed E-state index contributed by atoms with van der Waals surface area (Å²) >= 11 is 0. The fourth-order valence-corrected chi connectivity index (χ4v) is 0.799. The second-order valence-corrected chi connectivity index (χ2v) is 2.20. The van der Waals surface area contributed by atoms with Gasteiger partial charge in [-0.25, -0.2) is 0 Å². The minimum atomic E-state index is -2.96. The van der Waals surface area contributed by atoms with Crippen LogP contribution in [0.2, 0.25) is 0 Å². The topological polar surface area (TPSA) is 21.3 Å². The van der Waals surface area contributed by atoms with E-state index in [0.29, 0.717) is 6.54 Å². The number of hydrogen-bond acceptors (Lipinski definition) is 2. The first-order valence-electron chi connectivity index (χ1n) is 2.86. The van der Waals surface area contributed by atoms with Gasteiger partial charge < -0.3 is 10.1 Å². The molecule has 2 nitrogen and oxygen atoms in total. The monoisotopic (exact) mass is 173 g/mol. The summed E-state index contributed by atoms with van der Waals surface area (Å²) < 4.78 is 28.6. The van der Waals surface area contributed by atoms with Gasteiger partial charge in [-0.1, -0.05) is 0 Å². The molecule has 0 aromatic heterocycles. The Balaban J connectivity index is 0.000000810. The number of hydrogen-bond donors (Lipinski definition) is 1. The second-order valence-electron chi connectivity index (χ2n) is 2.20. The third-order valence-electron chi connectivity index (χ3n) is 1.14. The highest BCUT2D eigenvalue weighted by Gasteiger charge is 2.35. The van der Waals surface area contributed by atoms with Crippen molar-refractivity contribution in [1.29, 1.82) is 0 Å². The Bertz CT molecular complexity index is 112. The normalized spacial score (nSPS) is 30.9. The van der Waals surface area contributed by atoms with Crippen LogP contribution >= 0.6 is 12.4 Å². The molecule has 5 heteroatoms. The molecular weight excluding hydrogens is 164 g/mol. The van der Waals surface area contributed by atoms with Gasteiger partial charge in [-0.15, -0.1) is 12.4 Å². The van der Waals surface area contributed by atoms with Crippen LogP contribution < -0.4 is 5.32 Å². The molecule has 0 aromatic rings. The molecule has 10 heavy (non-hydrogen) atoms. The standard InChI is InChI=1S/C5H9F2NO.ClH/c1-4-2-8-3-5(6,7)9-4;/h4,8H,2-3H2,1H3;1H. The van der Waals surface area contributed by atoms with Crippen molar-refractivity contribution in [3.05, 3.63) is 0 Å². The van der Waals surface area contributed by atoms with Crippen LogP contribution in [0.3, 0.4) is 0 Å². The number of halogens is 3. The minimum Gasteiger partial charge on any atom is -0.315 e. The molecule has 0 spiro atoms. The molecule has 1 atom stereocenters. The second kappa shape index (κ2) is 3.46. The maximum absolute atomic E-state index is 12.2. The Kier molecular flexibility index (Phi) is 3.48. The van der Waals surface area contributed by atoms with Gasteiger partial charge in [0.2, 0.25) is 0 Å². The molecule has 1 rings (SSSR count). The minimum absolute atomic E-state index is 0. The molecule has 0 saturated carbocycles. The summed E-state index contributed by atoms with van der Waals surface area (Å²) in [5.41, 5.74) is 0. The molecule has 1 fully saturated rings. The Hall–Kier alpha value is 0.0700. The molecule has 0 amide bonds. The molecule has 0 aromatic carbocycles. The summed E-state index contributed by atoms with van der Waals surface area (Å²) in [4.78, 5) is 0. The van der Waals surface area contributed by atoms with Crippen molar-refractivity contribution >= 4 is 12.4 Å². The smallest absolute Gasteiger partial charge is 0.315 e. The average Bonchev–Trinajstić information content (AvgIpc) is 1.60. The summed E-state index contributed by atoms with van der Waals surface area (Å²) in [5, 5.41) is 2.55. The predicted octanol–water partition coefficient (Wildman–Crippen LogP) is 1.01. The SMILES string of the molecule is CC1CNCC(F)(F)O1.Cl. The van der Waals surface area contributed by atoms with Crippen LogP contribution in [-0.2, 0) is 4.74 Å². The van der Waals surface area contributed by atoms with Gasteiger partial charge in [0.25, 0.3) is 0 Å². The highest BCUT2D eigenvalue weighted by atomic mass is 35.5. The molecular formula is C5H10ClF2NO. The summed E-state index contributed by atoms with van der Waals surface area (Å²) in [6.45, 7) is 1.76. The molecule has 1 N–H and O–H groups in total. The zero-order chi connectivity index (χ0) is 6.91. The Labute approximate surface area is 64.3 Å². The summed E-state index contributed by atoms with van der Waals surface area (Å²) in [6.07, 6.45) is -3.34. The van der Waals surface area contributed by atoms with E-state index in [0.717, 1.165) is 0 Å². The van der Waals surface area contributed by atoms with Gasteiger partial charge in [0, 0.05) is 6.54 Å². The molecule has 0 radical (unpaired) electrons. The lowest BCUT2D eigenvalue weighted by Gasteiger charge is -2.27. The fraction of sp³-hybridized carbons (Fsp3) is 1.00. The van der Waals surface area contributed by atoms with Crippen molar-refractivity contribution in [3.8, 4) is 0 Å². The van der Waals surface area contributed by atoms with Crippen LogP contribution in [0.4, 0.5) is 8.78 Å². The van der Waals surface area contributed by atoms with Crippen molar-refractivity contribution in [1.82, 2.24) is 5.32 Å². The number of ether oxygens (including phenoxy) is 1. The molecule has 0 aliphatic carbocycles. The van der Waals surface area contributed by atoms with Crippen LogP contribution in [0.5, 0.6) is 0 Å². The number of nitrogens with one attached hydrogen (secondary N) is 1. The highest BCUT2D eigenvalue weighted by molar-refractivity contribution is 5.85. The maximum Gasteiger partial charge on any atom is 0.368 e. The summed E-state index contributed by atoms with van der Waals surface area (Å²) in [7, 11) is 0. The number of alkyl halides is 2. The zero-order valence-corrected chi connectivity index (χ0v) is 6.38. The zero-order valence-electron chi connectivity index (χ0n) is 5.56. The van der Waals surface area contributed by atoms with Crippen molar-refractivity contribution < 1.29 is 13.5 Å². The van der Waals surface area contributed by atoms with E-state index in [1.54, 1.807) is 6.92 Å². The van der Waals surface area contributed by atoms with E-state index >= 15 is 0 Å². The van der Waals surface area contributed by atoms with Crippen LogP contribution in [0, 0.1) is 0 Å². The fourth-order valence-electron chi connectivity index (χ4n) is 0.799. The molecule has 1 aliphatic rings. The summed E-state index contributed by atoms with van der Waals surface area (Å²) in [5.74, 6) is 0. The van der Waals surface area contributed by atoms with Crippen LogP contribution in [-0.4, -0.2) is 25.3 Å². The molecule has 1 saturated heterocycles. The molecule has 1 unspecified atom stereocenters. The van der Waals surface area contributed by atoms with Gasteiger partial charge in [0.05, 0.1) is 12.6 Å². The Morgan fingerprint density at radius 1 is 1.60 bits per heavy atom. The molecule has 1 heterocycles. The van der Waals surface area contributed by atoms with Gasteiger partial charge in [0.1, 0.15) is 0 Å². The third-order valence-corrected chi connectivity index (χ3v) is 1.14. The molecule has 0 bridgehead atoms. The molecule has 1 aliphatic heterocycles. The lowest BCUT2D eigenvalue weighted by atomic mass is 10.3. The lowest BCUT2D eigenvalue weighted by Crippen LogP contribution is -2.47. The van der Waals surface area contributed by atoms with Crippen molar-refractivity contribution in [2.24, 2.45) is 0 Å². The molecule has 62 valence electrons. The Morgan fingerprint density at radius 3 is 2.50 bits per heavy atom.